The van der Waals surface area contributed by atoms with Gasteiger partial charge in [-0.3, -0.25) is 4.90 Å². The van der Waals surface area contributed by atoms with E-state index in [4.69, 9.17) is 9.84 Å². The van der Waals surface area contributed by atoms with Gasteiger partial charge < -0.3 is 14.9 Å². The highest BCUT2D eigenvalue weighted by Gasteiger charge is 2.23. The largest absolute Gasteiger partial charge is 0.478 e. The number of aromatic carboxylic acids is 1. The zero-order valence-corrected chi connectivity index (χ0v) is 10.4. The predicted molar refractivity (Wildman–Crippen MR) is 65.5 cm³/mol. The van der Waals surface area contributed by atoms with Crippen molar-refractivity contribution in [2.75, 3.05) is 26.4 Å². The van der Waals surface area contributed by atoms with Gasteiger partial charge in [-0.25, -0.2) is 9.18 Å². The van der Waals surface area contributed by atoms with Crippen LogP contribution in [0.25, 0.3) is 0 Å². The lowest BCUT2D eigenvalue weighted by Gasteiger charge is -2.34. The number of ether oxygens (including phenoxy) is 1. The van der Waals surface area contributed by atoms with Gasteiger partial charge in [0.25, 0.3) is 0 Å². The lowest BCUT2D eigenvalue weighted by Crippen LogP contribution is -2.46. The standard InChI is InChI=1S/C13H16FNO4/c14-12-2-1-9(13(17)18)5-10(12)6-15-3-4-19-8-11(15)7-16/h1-2,5,11,16H,3-4,6-8H2,(H,17,18). The molecule has 1 heterocycles. The molecule has 1 unspecified atom stereocenters. The number of carbonyl (C=O) groups is 1. The molecule has 19 heavy (non-hydrogen) atoms. The number of aliphatic hydroxyl groups excluding tert-OH is 1. The Morgan fingerprint density at radius 1 is 1.53 bits per heavy atom. The van der Waals surface area contributed by atoms with Gasteiger partial charge in [0, 0.05) is 18.7 Å². The zero-order valence-electron chi connectivity index (χ0n) is 10.4. The van der Waals surface area contributed by atoms with Gasteiger partial charge in [-0.1, -0.05) is 0 Å². The first-order valence-electron chi connectivity index (χ1n) is 6.06. The molecule has 2 rings (SSSR count). The van der Waals surface area contributed by atoms with Crippen LogP contribution in [0.3, 0.4) is 0 Å². The molecule has 1 aromatic rings. The number of benzene rings is 1. The van der Waals surface area contributed by atoms with Crippen LogP contribution in [0.5, 0.6) is 0 Å². The van der Waals surface area contributed by atoms with Gasteiger partial charge in [-0.15, -0.1) is 0 Å². The number of morpholine rings is 1. The summed E-state index contributed by atoms with van der Waals surface area (Å²) in [6.45, 7) is 1.71. The van der Waals surface area contributed by atoms with E-state index in [-0.39, 0.29) is 24.8 Å². The Morgan fingerprint density at radius 3 is 3.00 bits per heavy atom. The molecule has 6 heteroatoms. The van der Waals surface area contributed by atoms with Gasteiger partial charge in [0.15, 0.2) is 0 Å². The Balaban J connectivity index is 2.17. The quantitative estimate of drug-likeness (QED) is 0.842. The maximum atomic E-state index is 13.7. The van der Waals surface area contributed by atoms with Crippen LogP contribution in [0, 0.1) is 5.82 Å². The number of hydrogen-bond donors (Lipinski definition) is 2. The smallest absolute Gasteiger partial charge is 0.335 e. The Kier molecular flexibility index (Phi) is 4.47. The van der Waals surface area contributed by atoms with Crippen LogP contribution in [-0.2, 0) is 11.3 Å². The van der Waals surface area contributed by atoms with E-state index in [1.54, 1.807) is 0 Å². The summed E-state index contributed by atoms with van der Waals surface area (Å²) in [5.74, 6) is -1.52. The lowest BCUT2D eigenvalue weighted by atomic mass is 10.1. The minimum Gasteiger partial charge on any atom is -0.478 e. The fraction of sp³-hybridized carbons (Fsp3) is 0.462. The average Bonchev–Trinajstić information content (AvgIpc) is 2.41. The maximum Gasteiger partial charge on any atom is 0.335 e. The number of nitrogens with zero attached hydrogens (tertiary/aromatic N) is 1. The third-order valence-corrected chi connectivity index (χ3v) is 3.23. The van der Waals surface area contributed by atoms with Crippen molar-refractivity contribution in [3.05, 3.63) is 35.1 Å². The van der Waals surface area contributed by atoms with Crippen molar-refractivity contribution < 1.29 is 24.1 Å². The molecule has 104 valence electrons. The summed E-state index contributed by atoms with van der Waals surface area (Å²) in [6.07, 6.45) is 0. The van der Waals surface area contributed by atoms with E-state index in [1.165, 1.54) is 12.1 Å². The second-order valence-corrected chi connectivity index (χ2v) is 4.49. The molecule has 1 aliphatic rings. The summed E-state index contributed by atoms with van der Waals surface area (Å²) in [5.41, 5.74) is 0.380. The van der Waals surface area contributed by atoms with Crippen molar-refractivity contribution in [3.8, 4) is 0 Å². The summed E-state index contributed by atoms with van der Waals surface area (Å²) in [4.78, 5) is 12.8. The summed E-state index contributed by atoms with van der Waals surface area (Å²) < 4.78 is 18.9. The van der Waals surface area contributed by atoms with Gasteiger partial charge in [0.05, 0.1) is 31.4 Å². The molecule has 0 spiro atoms. The number of halogens is 1. The molecule has 0 aliphatic carbocycles. The van der Waals surface area contributed by atoms with Crippen molar-refractivity contribution in [3.63, 3.8) is 0 Å². The van der Waals surface area contributed by atoms with E-state index in [2.05, 4.69) is 0 Å². The predicted octanol–water partition coefficient (Wildman–Crippen LogP) is 0.717. The molecule has 1 atom stereocenters. The van der Waals surface area contributed by atoms with Gasteiger partial charge in [0.2, 0.25) is 0 Å². The molecule has 0 radical (unpaired) electrons. The summed E-state index contributed by atoms with van der Waals surface area (Å²) in [7, 11) is 0. The van der Waals surface area contributed by atoms with E-state index in [0.717, 1.165) is 6.07 Å². The molecular weight excluding hydrogens is 253 g/mol. The molecule has 0 amide bonds. The molecular formula is C13H16FNO4. The molecule has 2 N–H and O–H groups in total. The molecule has 5 nitrogen and oxygen atoms in total. The number of carboxylic acid groups (broad SMARTS) is 1. The Hall–Kier alpha value is -1.50. The fourth-order valence-corrected chi connectivity index (χ4v) is 2.11. The van der Waals surface area contributed by atoms with Crippen LogP contribution in [0.15, 0.2) is 18.2 Å². The molecule has 1 saturated heterocycles. The summed E-state index contributed by atoms with van der Waals surface area (Å²) >= 11 is 0. The van der Waals surface area contributed by atoms with Crippen LogP contribution in [0.2, 0.25) is 0 Å². The zero-order chi connectivity index (χ0) is 13.8. The topological polar surface area (TPSA) is 70.0 Å². The fourth-order valence-electron chi connectivity index (χ4n) is 2.11. The second-order valence-electron chi connectivity index (χ2n) is 4.49. The van der Waals surface area contributed by atoms with E-state index in [1.807, 2.05) is 4.90 Å². The van der Waals surface area contributed by atoms with E-state index >= 15 is 0 Å². The van der Waals surface area contributed by atoms with Gasteiger partial charge in [-0.05, 0) is 18.2 Å². The first-order chi connectivity index (χ1) is 9.11. The monoisotopic (exact) mass is 269 g/mol. The van der Waals surface area contributed by atoms with E-state index < -0.39 is 11.8 Å². The number of rotatable bonds is 4. The SMILES string of the molecule is O=C(O)c1ccc(F)c(CN2CCOCC2CO)c1. The molecule has 0 aromatic heterocycles. The number of carboxylic acids is 1. The highest BCUT2D eigenvalue weighted by atomic mass is 19.1. The van der Waals surface area contributed by atoms with Gasteiger partial charge >= 0.3 is 5.97 Å². The van der Waals surface area contributed by atoms with Crippen molar-refractivity contribution in [1.29, 1.82) is 0 Å². The Morgan fingerprint density at radius 2 is 2.32 bits per heavy atom. The molecule has 1 aromatic carbocycles. The number of aliphatic hydroxyl groups is 1. The lowest BCUT2D eigenvalue weighted by molar-refractivity contribution is -0.0316. The highest BCUT2D eigenvalue weighted by molar-refractivity contribution is 5.87. The third-order valence-electron chi connectivity index (χ3n) is 3.23. The van der Waals surface area contributed by atoms with Crippen molar-refractivity contribution in [2.24, 2.45) is 0 Å². The van der Waals surface area contributed by atoms with Crippen LogP contribution >= 0.6 is 0 Å². The van der Waals surface area contributed by atoms with Crippen molar-refractivity contribution in [1.82, 2.24) is 4.90 Å². The average molecular weight is 269 g/mol. The van der Waals surface area contributed by atoms with Crippen LogP contribution in [-0.4, -0.2) is 53.5 Å². The van der Waals surface area contributed by atoms with Crippen LogP contribution < -0.4 is 0 Å². The first-order valence-corrected chi connectivity index (χ1v) is 6.06. The van der Waals surface area contributed by atoms with Gasteiger partial charge in [0.1, 0.15) is 5.82 Å². The van der Waals surface area contributed by atoms with Gasteiger partial charge in [-0.2, -0.15) is 0 Å². The van der Waals surface area contributed by atoms with Crippen molar-refractivity contribution >= 4 is 5.97 Å². The minimum absolute atomic E-state index is 0.0604. The van der Waals surface area contributed by atoms with E-state index in [0.29, 0.717) is 25.3 Å². The highest BCUT2D eigenvalue weighted by Crippen LogP contribution is 2.16. The Bertz CT molecular complexity index is 466. The first kappa shape index (κ1) is 13.9. The van der Waals surface area contributed by atoms with Crippen LogP contribution in [0.4, 0.5) is 4.39 Å². The van der Waals surface area contributed by atoms with E-state index in [9.17, 15) is 14.3 Å². The molecule has 0 saturated carbocycles. The second kappa shape index (κ2) is 6.10. The maximum absolute atomic E-state index is 13.7. The van der Waals surface area contributed by atoms with Crippen LogP contribution in [0.1, 0.15) is 15.9 Å². The summed E-state index contributed by atoms with van der Waals surface area (Å²) in [5, 5.41) is 18.2. The normalized spacial score (nSPS) is 20.4. The molecule has 1 aliphatic heterocycles. The number of hydrogen-bond acceptors (Lipinski definition) is 4. The Labute approximate surface area is 110 Å². The molecule has 0 bridgehead atoms. The third kappa shape index (κ3) is 3.28. The summed E-state index contributed by atoms with van der Waals surface area (Å²) in [6, 6.07) is 3.56. The minimum atomic E-state index is -1.08. The molecule has 1 fully saturated rings. The van der Waals surface area contributed by atoms with Crippen molar-refractivity contribution in [2.45, 2.75) is 12.6 Å².